The van der Waals surface area contributed by atoms with Crippen LogP contribution >= 0.6 is 15.9 Å². The first-order valence-electron chi connectivity index (χ1n) is 6.91. The van der Waals surface area contributed by atoms with Crippen LogP contribution in [0.25, 0.3) is 0 Å². The number of ether oxygens (including phenoxy) is 1. The van der Waals surface area contributed by atoms with E-state index in [0.717, 1.165) is 17.5 Å². The summed E-state index contributed by atoms with van der Waals surface area (Å²) in [6, 6.07) is 8.16. The molecule has 0 saturated carbocycles. The predicted molar refractivity (Wildman–Crippen MR) is 88.4 cm³/mol. The van der Waals surface area contributed by atoms with Crippen LogP contribution in [0.15, 0.2) is 24.3 Å². The zero-order chi connectivity index (χ0) is 15.4. The van der Waals surface area contributed by atoms with E-state index in [1.807, 2.05) is 19.1 Å². The minimum atomic E-state index is -0.720. The molecule has 0 N–H and O–H groups in total. The molecule has 1 rings (SSSR count). The van der Waals surface area contributed by atoms with Crippen LogP contribution in [0.3, 0.4) is 0 Å². The zero-order valence-electron chi connectivity index (χ0n) is 13.0. The number of halogens is 1. The van der Waals surface area contributed by atoms with E-state index in [0.29, 0.717) is 0 Å². The Bertz CT molecular complexity index is 431. The van der Waals surface area contributed by atoms with Crippen molar-refractivity contribution in [3.8, 4) is 5.75 Å². The van der Waals surface area contributed by atoms with Gasteiger partial charge in [-0.1, -0.05) is 55.8 Å². The number of hydrogen-bond acceptors (Lipinski definition) is 2. The Balaban J connectivity index is 2.95. The SMILES string of the molecule is CC(C(C)(C)C)C(C)(O[Si])Oc1cccc(CCBr)c1. The summed E-state index contributed by atoms with van der Waals surface area (Å²) in [4.78, 5) is 0. The third kappa shape index (κ3) is 4.60. The highest BCUT2D eigenvalue weighted by molar-refractivity contribution is 9.09. The van der Waals surface area contributed by atoms with Crippen LogP contribution in [0.4, 0.5) is 0 Å². The molecule has 0 amide bonds. The molecule has 0 aliphatic rings. The van der Waals surface area contributed by atoms with Crippen molar-refractivity contribution in [3.63, 3.8) is 0 Å². The van der Waals surface area contributed by atoms with Crippen molar-refractivity contribution < 1.29 is 9.16 Å². The maximum absolute atomic E-state index is 6.14. The molecule has 2 atom stereocenters. The lowest BCUT2D eigenvalue weighted by Crippen LogP contribution is -2.47. The van der Waals surface area contributed by atoms with E-state index in [4.69, 9.17) is 9.16 Å². The number of alkyl halides is 1. The van der Waals surface area contributed by atoms with Gasteiger partial charge in [0.2, 0.25) is 5.79 Å². The van der Waals surface area contributed by atoms with Crippen molar-refractivity contribution in [1.82, 2.24) is 0 Å². The second-order valence-electron chi connectivity index (χ2n) is 6.39. The van der Waals surface area contributed by atoms with E-state index in [9.17, 15) is 0 Å². The molecule has 0 aromatic heterocycles. The van der Waals surface area contributed by atoms with Crippen molar-refractivity contribution >= 4 is 26.4 Å². The molecule has 0 bridgehead atoms. The van der Waals surface area contributed by atoms with E-state index >= 15 is 0 Å². The summed E-state index contributed by atoms with van der Waals surface area (Å²) in [5, 5.41) is 0.945. The van der Waals surface area contributed by atoms with Gasteiger partial charge in [0.05, 0.1) is 0 Å². The molecule has 3 radical (unpaired) electrons. The zero-order valence-corrected chi connectivity index (χ0v) is 15.6. The summed E-state index contributed by atoms with van der Waals surface area (Å²) < 4.78 is 11.6. The van der Waals surface area contributed by atoms with Gasteiger partial charge in [-0.25, -0.2) is 0 Å². The second-order valence-corrected chi connectivity index (χ2v) is 7.39. The Morgan fingerprint density at radius 1 is 1.25 bits per heavy atom. The van der Waals surface area contributed by atoms with Crippen LogP contribution < -0.4 is 4.74 Å². The first kappa shape index (κ1) is 17.7. The molecule has 2 unspecified atom stereocenters. The maximum atomic E-state index is 6.14. The van der Waals surface area contributed by atoms with Gasteiger partial charge in [-0.2, -0.15) is 0 Å². The molecule has 0 fully saturated rings. The lowest BCUT2D eigenvalue weighted by molar-refractivity contribution is -0.160. The van der Waals surface area contributed by atoms with E-state index < -0.39 is 5.79 Å². The van der Waals surface area contributed by atoms with Gasteiger partial charge in [-0.3, -0.25) is 0 Å². The Morgan fingerprint density at radius 2 is 1.90 bits per heavy atom. The van der Waals surface area contributed by atoms with Crippen LogP contribution in [0, 0.1) is 11.3 Å². The summed E-state index contributed by atoms with van der Waals surface area (Å²) in [6.07, 6.45) is 0.984. The molecular formula is C16H24BrO2Si. The minimum Gasteiger partial charge on any atom is -0.463 e. The topological polar surface area (TPSA) is 18.5 Å². The van der Waals surface area contributed by atoms with Crippen molar-refractivity contribution in [2.24, 2.45) is 11.3 Å². The van der Waals surface area contributed by atoms with Gasteiger partial charge in [0.25, 0.3) is 10.5 Å². The number of benzene rings is 1. The predicted octanol–water partition coefficient (Wildman–Crippen LogP) is 4.50. The molecule has 0 saturated heterocycles. The molecular weight excluding hydrogens is 332 g/mol. The minimum absolute atomic E-state index is 0.0782. The van der Waals surface area contributed by atoms with Crippen molar-refractivity contribution in [1.29, 1.82) is 0 Å². The summed E-state index contributed by atoms with van der Waals surface area (Å²) in [5.74, 6) is 0.315. The molecule has 1 aromatic rings. The average molecular weight is 356 g/mol. The van der Waals surface area contributed by atoms with Gasteiger partial charge in [0, 0.05) is 18.2 Å². The van der Waals surface area contributed by atoms with Gasteiger partial charge in [-0.05, 0) is 29.5 Å². The van der Waals surface area contributed by atoms with Gasteiger partial charge in [0.1, 0.15) is 5.75 Å². The first-order valence-corrected chi connectivity index (χ1v) is 8.44. The molecule has 111 valence electrons. The Morgan fingerprint density at radius 3 is 2.40 bits per heavy atom. The van der Waals surface area contributed by atoms with E-state index in [1.54, 1.807) is 0 Å². The Kier molecular flexibility index (Phi) is 6.29. The van der Waals surface area contributed by atoms with Crippen molar-refractivity contribution in [2.75, 3.05) is 5.33 Å². The van der Waals surface area contributed by atoms with Crippen LogP contribution in [0.1, 0.15) is 40.2 Å². The Labute approximate surface area is 134 Å². The third-order valence-corrected chi connectivity index (χ3v) is 4.69. The monoisotopic (exact) mass is 355 g/mol. The fourth-order valence-electron chi connectivity index (χ4n) is 2.09. The first-order chi connectivity index (χ1) is 9.23. The van der Waals surface area contributed by atoms with Crippen LogP contribution in [0.5, 0.6) is 5.75 Å². The van der Waals surface area contributed by atoms with Crippen LogP contribution in [-0.4, -0.2) is 21.6 Å². The molecule has 0 aliphatic heterocycles. The fourth-order valence-corrected chi connectivity index (χ4v) is 2.77. The molecule has 1 aromatic carbocycles. The summed E-state index contributed by atoms with van der Waals surface area (Å²) >= 11 is 3.46. The van der Waals surface area contributed by atoms with E-state index in [1.165, 1.54) is 5.56 Å². The quantitative estimate of drug-likeness (QED) is 0.424. The van der Waals surface area contributed by atoms with Crippen molar-refractivity contribution in [2.45, 2.75) is 46.8 Å². The van der Waals surface area contributed by atoms with E-state index in [2.05, 4.69) is 66.2 Å². The van der Waals surface area contributed by atoms with Gasteiger partial charge < -0.3 is 9.16 Å². The van der Waals surface area contributed by atoms with Gasteiger partial charge >= 0.3 is 0 Å². The second kappa shape index (κ2) is 7.10. The van der Waals surface area contributed by atoms with Crippen LogP contribution in [-0.2, 0) is 10.8 Å². The van der Waals surface area contributed by atoms with E-state index in [-0.39, 0.29) is 11.3 Å². The summed E-state index contributed by atoms with van der Waals surface area (Å²) in [6.45, 7) is 10.7. The highest BCUT2D eigenvalue weighted by Gasteiger charge is 2.40. The number of aryl methyl sites for hydroxylation is 1. The fraction of sp³-hybridized carbons (Fsp3) is 0.625. The largest absolute Gasteiger partial charge is 0.463 e. The lowest BCUT2D eigenvalue weighted by Gasteiger charge is -2.41. The molecule has 4 heteroatoms. The average Bonchev–Trinajstić information content (AvgIpc) is 2.37. The Hall–Kier alpha value is -0.323. The van der Waals surface area contributed by atoms with Gasteiger partial charge in [-0.15, -0.1) is 0 Å². The van der Waals surface area contributed by atoms with Gasteiger partial charge in [0.15, 0.2) is 0 Å². The summed E-state index contributed by atoms with van der Waals surface area (Å²) in [5.41, 5.74) is 1.33. The highest BCUT2D eigenvalue weighted by Crippen LogP contribution is 2.37. The normalized spacial score (nSPS) is 16.6. The van der Waals surface area contributed by atoms with Crippen molar-refractivity contribution in [3.05, 3.63) is 29.8 Å². The molecule has 2 nitrogen and oxygen atoms in total. The van der Waals surface area contributed by atoms with Crippen LogP contribution in [0.2, 0.25) is 0 Å². The molecule has 20 heavy (non-hydrogen) atoms. The standard InChI is InChI=1S/C16H24BrO2Si/c1-12(15(2,3)4)16(5,19-20)18-14-8-6-7-13(11-14)9-10-17/h6-8,11-12H,9-10H2,1-5H3. The highest BCUT2D eigenvalue weighted by atomic mass is 79.9. The smallest absolute Gasteiger partial charge is 0.251 e. The maximum Gasteiger partial charge on any atom is 0.251 e. The third-order valence-electron chi connectivity index (χ3n) is 3.89. The lowest BCUT2D eigenvalue weighted by atomic mass is 9.77. The molecule has 0 heterocycles. The molecule has 0 aliphatic carbocycles. The molecule has 0 spiro atoms. The number of rotatable bonds is 6. The summed E-state index contributed by atoms with van der Waals surface area (Å²) in [7, 11) is 3.19. The number of hydrogen-bond donors (Lipinski definition) is 0.